The number of aromatic nitrogens is 2. The minimum atomic E-state index is -0.552. The zero-order valence-electron chi connectivity index (χ0n) is 18.3. The largest absolute Gasteiger partial charge is 0.497 e. The van der Waals surface area contributed by atoms with Crippen LogP contribution in [0.2, 0.25) is 0 Å². The lowest BCUT2D eigenvalue weighted by molar-refractivity contribution is -0.141. The summed E-state index contributed by atoms with van der Waals surface area (Å²) in [5, 5.41) is 11.0. The van der Waals surface area contributed by atoms with Gasteiger partial charge in [0.2, 0.25) is 11.8 Å². The van der Waals surface area contributed by atoms with Gasteiger partial charge in [-0.1, -0.05) is 25.0 Å². The van der Waals surface area contributed by atoms with Crippen LogP contribution >= 0.6 is 0 Å². The Hall–Kier alpha value is -3.35. The van der Waals surface area contributed by atoms with Crippen molar-refractivity contribution in [3.63, 3.8) is 0 Å². The van der Waals surface area contributed by atoms with Crippen LogP contribution in [-0.4, -0.2) is 46.6 Å². The molecule has 5 rings (SSSR count). The number of fused-ring (bicyclic) bond motifs is 1. The first-order valence-electron chi connectivity index (χ1n) is 11.3. The van der Waals surface area contributed by atoms with Crippen molar-refractivity contribution in [2.24, 2.45) is 0 Å². The van der Waals surface area contributed by atoms with Crippen molar-refractivity contribution in [1.29, 1.82) is 0 Å². The van der Waals surface area contributed by atoms with E-state index in [0.717, 1.165) is 54.3 Å². The lowest BCUT2D eigenvalue weighted by Crippen LogP contribution is -2.51. The molecule has 3 aromatic rings. The predicted octanol–water partition coefficient (Wildman–Crippen LogP) is 4.01. The molecule has 7 nitrogen and oxygen atoms in total. The number of benzene rings is 2. The molecule has 2 aliphatic rings. The van der Waals surface area contributed by atoms with E-state index < -0.39 is 11.5 Å². The molecule has 1 saturated carbocycles. The second-order valence-electron chi connectivity index (χ2n) is 8.84. The number of hydrogen-bond donors (Lipinski definition) is 2. The van der Waals surface area contributed by atoms with Gasteiger partial charge in [-0.2, -0.15) is 5.10 Å². The summed E-state index contributed by atoms with van der Waals surface area (Å²) in [6.45, 7) is 0.619. The molecule has 0 radical (unpaired) electrons. The van der Waals surface area contributed by atoms with Crippen LogP contribution in [0.1, 0.15) is 44.1 Å². The van der Waals surface area contributed by atoms with Crippen molar-refractivity contribution in [2.75, 3.05) is 19.0 Å². The van der Waals surface area contributed by atoms with Gasteiger partial charge in [0.25, 0.3) is 0 Å². The third-order valence-corrected chi connectivity index (χ3v) is 7.03. The predicted molar refractivity (Wildman–Crippen MR) is 123 cm³/mol. The highest BCUT2D eigenvalue weighted by atomic mass is 16.5. The molecule has 1 atom stereocenters. The molecule has 0 spiro atoms. The van der Waals surface area contributed by atoms with Crippen LogP contribution in [0.25, 0.3) is 10.9 Å². The Balaban J connectivity index is 1.38. The van der Waals surface area contributed by atoms with Crippen LogP contribution in [0.3, 0.4) is 0 Å². The maximum absolute atomic E-state index is 13.9. The second-order valence-corrected chi connectivity index (χ2v) is 8.84. The first-order valence-corrected chi connectivity index (χ1v) is 11.3. The summed E-state index contributed by atoms with van der Waals surface area (Å²) >= 11 is 0. The molecule has 2 fully saturated rings. The summed E-state index contributed by atoms with van der Waals surface area (Å²) in [4.78, 5) is 28.9. The number of aromatic amines is 1. The fraction of sp³-hybridized carbons (Fsp3) is 0.400. The van der Waals surface area contributed by atoms with Gasteiger partial charge in [0, 0.05) is 17.6 Å². The van der Waals surface area contributed by atoms with Gasteiger partial charge in [-0.15, -0.1) is 0 Å². The van der Waals surface area contributed by atoms with E-state index >= 15 is 0 Å². The van der Waals surface area contributed by atoms with Crippen LogP contribution in [0.5, 0.6) is 5.75 Å². The number of likely N-dealkylation sites (tertiary alicyclic amines) is 1. The molecule has 1 aromatic heterocycles. The number of nitrogens with zero attached hydrogens (tertiary/aromatic N) is 2. The molecule has 2 amide bonds. The number of rotatable bonds is 5. The van der Waals surface area contributed by atoms with Crippen molar-refractivity contribution in [1.82, 2.24) is 15.1 Å². The molecule has 2 heterocycles. The Kier molecular flexibility index (Phi) is 5.33. The monoisotopic (exact) mass is 432 g/mol. The van der Waals surface area contributed by atoms with Gasteiger partial charge in [-0.3, -0.25) is 14.7 Å². The molecule has 7 heteroatoms. The number of ether oxygens (including phenoxy) is 1. The average molecular weight is 433 g/mol. The number of nitrogens with one attached hydrogen (secondary N) is 2. The van der Waals surface area contributed by atoms with Crippen LogP contribution in [0.15, 0.2) is 48.7 Å². The standard InChI is InChI=1S/C25H28N4O3/c1-32-20-10-7-18(8-11-20)25(12-2-3-13-25)24(31)29-14-4-5-22(29)23(30)27-19-9-6-17-16-26-28-21(17)15-19/h6-11,15-16,22H,2-5,12-14H2,1H3,(H,26,28)(H,27,30)/t22-/m1/s1. The fourth-order valence-corrected chi connectivity index (χ4v) is 5.31. The van der Waals surface area contributed by atoms with E-state index in [4.69, 9.17) is 4.74 Å². The minimum Gasteiger partial charge on any atom is -0.497 e. The molecule has 1 aliphatic carbocycles. The van der Waals surface area contributed by atoms with Gasteiger partial charge in [-0.25, -0.2) is 0 Å². The molecule has 1 saturated heterocycles. The second kappa shape index (κ2) is 8.30. The molecular weight excluding hydrogens is 404 g/mol. The van der Waals surface area contributed by atoms with Gasteiger partial charge < -0.3 is 15.0 Å². The number of amides is 2. The van der Waals surface area contributed by atoms with E-state index in [1.165, 1.54) is 0 Å². The minimum absolute atomic E-state index is 0.0850. The maximum atomic E-state index is 13.9. The van der Waals surface area contributed by atoms with E-state index in [1.54, 1.807) is 13.3 Å². The molecule has 1 aliphatic heterocycles. The average Bonchev–Trinajstić information content (AvgIpc) is 3.59. The number of carbonyl (C=O) groups is 2. The maximum Gasteiger partial charge on any atom is 0.247 e. The molecular formula is C25H28N4O3. The quantitative estimate of drug-likeness (QED) is 0.638. The van der Waals surface area contributed by atoms with Gasteiger partial charge in [0.1, 0.15) is 11.8 Å². The van der Waals surface area contributed by atoms with Crippen molar-refractivity contribution in [2.45, 2.75) is 50.0 Å². The lowest BCUT2D eigenvalue weighted by atomic mass is 9.77. The zero-order chi connectivity index (χ0) is 22.1. The Labute approximate surface area is 187 Å². The summed E-state index contributed by atoms with van der Waals surface area (Å²) in [6, 6.07) is 13.1. The third-order valence-electron chi connectivity index (χ3n) is 7.03. The summed E-state index contributed by atoms with van der Waals surface area (Å²) in [5.41, 5.74) is 2.05. The smallest absolute Gasteiger partial charge is 0.247 e. The van der Waals surface area contributed by atoms with Crippen molar-refractivity contribution < 1.29 is 14.3 Å². The summed E-state index contributed by atoms with van der Waals surface area (Å²) < 4.78 is 5.30. The van der Waals surface area contributed by atoms with Crippen molar-refractivity contribution in [3.8, 4) is 5.75 Å². The number of methoxy groups -OCH3 is 1. The van der Waals surface area contributed by atoms with Crippen molar-refractivity contribution in [3.05, 3.63) is 54.2 Å². The topological polar surface area (TPSA) is 87.3 Å². The normalized spacial score (nSPS) is 19.9. The number of hydrogen-bond acceptors (Lipinski definition) is 4. The molecule has 0 unspecified atom stereocenters. The van der Waals surface area contributed by atoms with Crippen molar-refractivity contribution >= 4 is 28.4 Å². The Morgan fingerprint density at radius 2 is 1.91 bits per heavy atom. The highest BCUT2D eigenvalue weighted by Crippen LogP contribution is 2.44. The Morgan fingerprint density at radius 3 is 2.66 bits per heavy atom. The van der Waals surface area contributed by atoms with Crippen LogP contribution in [-0.2, 0) is 15.0 Å². The molecule has 32 heavy (non-hydrogen) atoms. The molecule has 166 valence electrons. The van der Waals surface area contributed by atoms with Crippen LogP contribution in [0.4, 0.5) is 5.69 Å². The highest BCUT2D eigenvalue weighted by Gasteiger charge is 2.48. The lowest BCUT2D eigenvalue weighted by Gasteiger charge is -2.35. The first kappa shape index (κ1) is 20.5. The fourth-order valence-electron chi connectivity index (χ4n) is 5.31. The summed E-state index contributed by atoms with van der Waals surface area (Å²) in [5.74, 6) is 0.737. The first-order chi connectivity index (χ1) is 15.6. The van der Waals surface area contributed by atoms with Gasteiger partial charge in [0.15, 0.2) is 0 Å². The Morgan fingerprint density at radius 1 is 1.12 bits per heavy atom. The molecule has 2 N–H and O–H groups in total. The van der Waals surface area contributed by atoms with E-state index in [1.807, 2.05) is 47.4 Å². The van der Waals surface area contributed by atoms with Gasteiger partial charge in [0.05, 0.1) is 24.2 Å². The van der Waals surface area contributed by atoms with Crippen LogP contribution < -0.4 is 10.1 Å². The van der Waals surface area contributed by atoms with E-state index in [-0.39, 0.29) is 11.8 Å². The highest BCUT2D eigenvalue weighted by molar-refractivity contribution is 6.00. The number of anilines is 1. The van der Waals surface area contributed by atoms with E-state index in [2.05, 4.69) is 15.5 Å². The van der Waals surface area contributed by atoms with E-state index in [9.17, 15) is 9.59 Å². The Bertz CT molecular complexity index is 1130. The zero-order valence-corrected chi connectivity index (χ0v) is 18.3. The van der Waals surface area contributed by atoms with Gasteiger partial charge in [-0.05, 0) is 61.6 Å². The third kappa shape index (κ3) is 3.51. The molecule has 2 aromatic carbocycles. The van der Waals surface area contributed by atoms with Gasteiger partial charge >= 0.3 is 0 Å². The van der Waals surface area contributed by atoms with Crippen LogP contribution in [0, 0.1) is 0 Å². The summed E-state index contributed by atoms with van der Waals surface area (Å²) in [7, 11) is 1.64. The number of H-pyrrole nitrogens is 1. The van der Waals surface area contributed by atoms with E-state index in [0.29, 0.717) is 18.7 Å². The molecule has 0 bridgehead atoms. The number of carbonyl (C=O) groups excluding carboxylic acids is 2. The SMILES string of the molecule is COc1ccc(C2(C(=O)N3CCC[C@@H]3C(=O)Nc3ccc4cn[nH]c4c3)CCCC2)cc1. The summed E-state index contributed by atoms with van der Waals surface area (Å²) in [6.07, 6.45) is 6.95.